The van der Waals surface area contributed by atoms with Crippen LogP contribution in [-0.4, -0.2) is 42.5 Å². The molecule has 0 amide bonds. The molecule has 13 heavy (non-hydrogen) atoms. The van der Waals surface area contributed by atoms with Crippen LogP contribution in [0.4, 0.5) is 0 Å². The summed E-state index contributed by atoms with van der Waals surface area (Å²) in [6, 6.07) is 0.456. The molecule has 4 heteroatoms. The Morgan fingerprint density at radius 3 is 2.77 bits per heavy atom. The van der Waals surface area contributed by atoms with E-state index in [0.717, 1.165) is 11.7 Å². The lowest BCUT2D eigenvalue weighted by Crippen LogP contribution is -2.34. The summed E-state index contributed by atoms with van der Waals surface area (Å²) >= 11 is 0. The molecule has 1 N–H and O–H groups in total. The molecule has 2 atom stereocenters. The Morgan fingerprint density at radius 1 is 1.62 bits per heavy atom. The monoisotopic (exact) mass is 205 g/mol. The van der Waals surface area contributed by atoms with Crippen LogP contribution in [0, 0.1) is 5.92 Å². The van der Waals surface area contributed by atoms with Gasteiger partial charge in [0.2, 0.25) is 0 Å². The van der Waals surface area contributed by atoms with Crippen molar-refractivity contribution in [2.75, 3.05) is 32.3 Å². The van der Waals surface area contributed by atoms with Crippen molar-refractivity contribution in [2.45, 2.75) is 18.9 Å². The fraction of sp³-hybridized carbons (Fsp3) is 1.00. The highest BCUT2D eigenvalue weighted by molar-refractivity contribution is 7.85. The first-order valence-electron chi connectivity index (χ1n) is 4.79. The van der Waals surface area contributed by atoms with Gasteiger partial charge in [0.05, 0.1) is 6.61 Å². The zero-order chi connectivity index (χ0) is 9.68. The zero-order valence-corrected chi connectivity index (χ0v) is 9.23. The lowest BCUT2D eigenvalue weighted by molar-refractivity contribution is 0.218. The van der Waals surface area contributed by atoms with Crippen molar-refractivity contribution in [3.8, 4) is 0 Å². The normalized spacial score (nSPS) is 21.4. The van der Waals surface area contributed by atoms with Gasteiger partial charge in [-0.15, -0.1) is 0 Å². The number of ether oxygens (including phenoxy) is 1. The van der Waals surface area contributed by atoms with Crippen molar-refractivity contribution in [3.05, 3.63) is 0 Å². The SMILES string of the molecule is CNC(CS(=O)CCOC)C1CC1. The van der Waals surface area contributed by atoms with Gasteiger partial charge in [0.1, 0.15) is 0 Å². The van der Waals surface area contributed by atoms with E-state index in [9.17, 15) is 4.21 Å². The molecule has 1 rings (SSSR count). The molecule has 78 valence electrons. The van der Waals surface area contributed by atoms with Crippen LogP contribution >= 0.6 is 0 Å². The average Bonchev–Trinajstić information content (AvgIpc) is 2.94. The minimum atomic E-state index is -0.718. The van der Waals surface area contributed by atoms with Crippen LogP contribution in [0.25, 0.3) is 0 Å². The Balaban J connectivity index is 2.16. The van der Waals surface area contributed by atoms with Gasteiger partial charge in [0, 0.05) is 35.5 Å². The highest BCUT2D eigenvalue weighted by atomic mass is 32.2. The number of rotatable bonds is 7. The van der Waals surface area contributed by atoms with E-state index in [4.69, 9.17) is 4.74 Å². The maximum Gasteiger partial charge on any atom is 0.0577 e. The van der Waals surface area contributed by atoms with Crippen LogP contribution in [0.1, 0.15) is 12.8 Å². The maximum atomic E-state index is 11.5. The predicted octanol–water partition coefficient (Wildman–Crippen LogP) is 0.379. The predicted molar refractivity (Wildman–Crippen MR) is 55.3 cm³/mol. The van der Waals surface area contributed by atoms with Gasteiger partial charge in [-0.2, -0.15) is 0 Å². The first-order valence-corrected chi connectivity index (χ1v) is 6.28. The molecule has 1 fully saturated rings. The van der Waals surface area contributed by atoms with Crippen LogP contribution in [-0.2, 0) is 15.5 Å². The Bertz CT molecular complexity index is 171. The fourth-order valence-electron chi connectivity index (χ4n) is 1.41. The van der Waals surface area contributed by atoms with Crippen molar-refractivity contribution in [3.63, 3.8) is 0 Å². The number of methoxy groups -OCH3 is 1. The van der Waals surface area contributed by atoms with Gasteiger partial charge in [-0.25, -0.2) is 0 Å². The van der Waals surface area contributed by atoms with Gasteiger partial charge in [-0.1, -0.05) is 0 Å². The number of nitrogens with one attached hydrogen (secondary N) is 1. The zero-order valence-electron chi connectivity index (χ0n) is 8.41. The van der Waals surface area contributed by atoms with Crippen LogP contribution in [0.3, 0.4) is 0 Å². The van der Waals surface area contributed by atoms with Gasteiger partial charge in [0.25, 0.3) is 0 Å². The first-order chi connectivity index (χ1) is 6.27. The van der Waals surface area contributed by atoms with Gasteiger partial charge in [-0.05, 0) is 25.8 Å². The van der Waals surface area contributed by atoms with Crippen LogP contribution in [0.5, 0.6) is 0 Å². The van der Waals surface area contributed by atoms with Crippen LogP contribution < -0.4 is 5.32 Å². The smallest absolute Gasteiger partial charge is 0.0577 e. The van der Waals surface area contributed by atoms with Crippen molar-refractivity contribution < 1.29 is 8.95 Å². The highest BCUT2D eigenvalue weighted by Gasteiger charge is 2.30. The quantitative estimate of drug-likeness (QED) is 0.653. The van der Waals surface area contributed by atoms with E-state index in [1.165, 1.54) is 12.8 Å². The molecule has 0 aliphatic heterocycles. The lowest BCUT2D eigenvalue weighted by Gasteiger charge is -2.14. The van der Waals surface area contributed by atoms with E-state index in [0.29, 0.717) is 18.4 Å². The van der Waals surface area contributed by atoms with Gasteiger partial charge in [-0.3, -0.25) is 4.21 Å². The summed E-state index contributed by atoms with van der Waals surface area (Å²) in [5.74, 6) is 2.22. The van der Waals surface area contributed by atoms with Gasteiger partial charge in [0.15, 0.2) is 0 Å². The topological polar surface area (TPSA) is 38.3 Å². The van der Waals surface area contributed by atoms with E-state index in [1.54, 1.807) is 7.11 Å². The van der Waals surface area contributed by atoms with E-state index in [1.807, 2.05) is 7.05 Å². The summed E-state index contributed by atoms with van der Waals surface area (Å²) in [7, 11) is 2.88. The minimum absolute atomic E-state index is 0.456. The second kappa shape index (κ2) is 5.73. The average molecular weight is 205 g/mol. The van der Waals surface area contributed by atoms with Crippen molar-refractivity contribution in [2.24, 2.45) is 5.92 Å². The summed E-state index contributed by atoms with van der Waals surface area (Å²) in [6.07, 6.45) is 2.60. The molecule has 3 nitrogen and oxygen atoms in total. The fourth-order valence-corrected chi connectivity index (χ4v) is 2.77. The van der Waals surface area contributed by atoms with Crippen molar-refractivity contribution in [1.29, 1.82) is 0 Å². The molecule has 0 heterocycles. The summed E-state index contributed by atoms with van der Waals surface area (Å²) in [4.78, 5) is 0. The Hall–Kier alpha value is 0.0700. The molecule has 0 aromatic heterocycles. The molecule has 0 aromatic rings. The third-order valence-corrected chi connectivity index (χ3v) is 3.80. The Labute approximate surface area is 82.7 Å². The third-order valence-electron chi connectivity index (χ3n) is 2.44. The summed E-state index contributed by atoms with van der Waals surface area (Å²) in [5.41, 5.74) is 0. The van der Waals surface area contributed by atoms with E-state index in [-0.39, 0.29) is 0 Å². The molecule has 0 radical (unpaired) electrons. The second-order valence-corrected chi connectivity index (χ2v) is 5.16. The lowest BCUT2D eigenvalue weighted by atomic mass is 10.2. The molecule has 1 aliphatic rings. The largest absolute Gasteiger partial charge is 0.384 e. The minimum Gasteiger partial charge on any atom is -0.384 e. The highest BCUT2D eigenvalue weighted by Crippen LogP contribution is 2.32. The molecule has 0 spiro atoms. The first kappa shape index (κ1) is 11.1. The Kier molecular flexibility index (Phi) is 4.91. The standard InChI is InChI=1S/C9H19NO2S/c1-10-9(8-3-4-8)7-13(11)6-5-12-2/h8-10H,3-7H2,1-2H3. The summed E-state index contributed by atoms with van der Waals surface area (Å²) < 4.78 is 16.4. The van der Waals surface area contributed by atoms with E-state index in [2.05, 4.69) is 5.32 Å². The number of hydrogen-bond acceptors (Lipinski definition) is 3. The molecule has 1 aliphatic carbocycles. The molecule has 2 unspecified atom stereocenters. The van der Waals surface area contributed by atoms with E-state index < -0.39 is 10.8 Å². The molecular weight excluding hydrogens is 186 g/mol. The Morgan fingerprint density at radius 2 is 2.31 bits per heavy atom. The van der Waals surface area contributed by atoms with Crippen LogP contribution in [0.15, 0.2) is 0 Å². The van der Waals surface area contributed by atoms with Gasteiger partial charge < -0.3 is 10.1 Å². The second-order valence-electron chi connectivity index (χ2n) is 3.54. The summed E-state index contributed by atoms with van der Waals surface area (Å²) in [5, 5.41) is 3.24. The molecular formula is C9H19NO2S. The molecule has 0 bridgehead atoms. The summed E-state index contributed by atoms with van der Waals surface area (Å²) in [6.45, 7) is 0.605. The molecule has 1 saturated carbocycles. The van der Waals surface area contributed by atoms with Gasteiger partial charge >= 0.3 is 0 Å². The molecule has 0 saturated heterocycles. The van der Waals surface area contributed by atoms with Crippen molar-refractivity contribution in [1.82, 2.24) is 5.32 Å². The van der Waals surface area contributed by atoms with E-state index >= 15 is 0 Å². The molecule has 0 aromatic carbocycles. The third kappa shape index (κ3) is 4.20. The number of hydrogen-bond donors (Lipinski definition) is 1. The van der Waals surface area contributed by atoms with Crippen molar-refractivity contribution >= 4 is 10.8 Å². The maximum absolute atomic E-state index is 11.5. The van der Waals surface area contributed by atoms with Crippen LogP contribution in [0.2, 0.25) is 0 Å².